The fourth-order valence-corrected chi connectivity index (χ4v) is 2.84. The van der Waals surface area contributed by atoms with Gasteiger partial charge < -0.3 is 5.32 Å². The predicted octanol–water partition coefficient (Wildman–Crippen LogP) is 3.47. The molecule has 1 unspecified atom stereocenters. The van der Waals surface area contributed by atoms with E-state index in [0.29, 0.717) is 12.1 Å². The molecule has 0 bridgehead atoms. The van der Waals surface area contributed by atoms with Crippen molar-refractivity contribution in [3.8, 4) is 0 Å². The van der Waals surface area contributed by atoms with Gasteiger partial charge in [0.15, 0.2) is 0 Å². The molecule has 100 valence electrons. The zero-order chi connectivity index (χ0) is 13.0. The molecular weight excluding hydrogens is 244 g/mol. The van der Waals surface area contributed by atoms with E-state index in [1.165, 1.54) is 31.5 Å². The maximum absolute atomic E-state index is 6.36. The van der Waals surface area contributed by atoms with Crippen molar-refractivity contribution in [1.82, 2.24) is 10.2 Å². The first-order valence-corrected chi connectivity index (χ1v) is 7.28. The maximum atomic E-state index is 6.36. The number of benzene rings is 1. The topological polar surface area (TPSA) is 15.3 Å². The third-order valence-electron chi connectivity index (χ3n) is 3.57. The van der Waals surface area contributed by atoms with E-state index in [1.54, 1.807) is 0 Å². The number of likely N-dealkylation sites (tertiary alicyclic amines) is 1. The SMILES string of the molecule is CC(C)NCC(c1ccccc1Cl)N1CCCC1. The molecule has 1 heterocycles. The van der Waals surface area contributed by atoms with Gasteiger partial charge in [0.2, 0.25) is 0 Å². The molecular formula is C15H23ClN2. The molecule has 0 aromatic heterocycles. The largest absolute Gasteiger partial charge is 0.313 e. The molecule has 2 rings (SSSR count). The smallest absolute Gasteiger partial charge is 0.0487 e. The predicted molar refractivity (Wildman–Crippen MR) is 78.1 cm³/mol. The van der Waals surface area contributed by atoms with Gasteiger partial charge in [-0.25, -0.2) is 0 Å². The van der Waals surface area contributed by atoms with Crippen LogP contribution in [0.3, 0.4) is 0 Å². The summed E-state index contributed by atoms with van der Waals surface area (Å²) in [6.07, 6.45) is 2.62. The van der Waals surface area contributed by atoms with E-state index in [1.807, 2.05) is 12.1 Å². The Bertz CT molecular complexity index is 373. The third kappa shape index (κ3) is 3.47. The van der Waals surface area contributed by atoms with Crippen LogP contribution in [0.4, 0.5) is 0 Å². The normalized spacial score (nSPS) is 18.4. The fraction of sp³-hybridized carbons (Fsp3) is 0.600. The first-order valence-electron chi connectivity index (χ1n) is 6.90. The summed E-state index contributed by atoms with van der Waals surface area (Å²) in [5.74, 6) is 0. The van der Waals surface area contributed by atoms with Crippen molar-refractivity contribution in [1.29, 1.82) is 0 Å². The van der Waals surface area contributed by atoms with E-state index < -0.39 is 0 Å². The van der Waals surface area contributed by atoms with Crippen LogP contribution in [-0.4, -0.2) is 30.6 Å². The van der Waals surface area contributed by atoms with Crippen molar-refractivity contribution in [2.24, 2.45) is 0 Å². The Morgan fingerprint density at radius 1 is 1.22 bits per heavy atom. The maximum Gasteiger partial charge on any atom is 0.0487 e. The fourth-order valence-electron chi connectivity index (χ4n) is 2.58. The van der Waals surface area contributed by atoms with Gasteiger partial charge in [0.25, 0.3) is 0 Å². The van der Waals surface area contributed by atoms with Crippen LogP contribution in [0.15, 0.2) is 24.3 Å². The minimum absolute atomic E-state index is 0.406. The molecule has 0 saturated carbocycles. The molecule has 1 aromatic rings. The Morgan fingerprint density at radius 3 is 2.50 bits per heavy atom. The van der Waals surface area contributed by atoms with Crippen LogP contribution in [0.2, 0.25) is 5.02 Å². The van der Waals surface area contributed by atoms with Gasteiger partial charge in [-0.3, -0.25) is 4.90 Å². The summed E-state index contributed by atoms with van der Waals surface area (Å²) < 4.78 is 0. The Morgan fingerprint density at radius 2 is 1.89 bits per heavy atom. The molecule has 18 heavy (non-hydrogen) atoms. The van der Waals surface area contributed by atoms with Crippen molar-refractivity contribution in [3.63, 3.8) is 0 Å². The second-order valence-corrected chi connectivity index (χ2v) is 5.75. The molecule has 2 nitrogen and oxygen atoms in total. The van der Waals surface area contributed by atoms with Gasteiger partial charge in [-0.05, 0) is 37.6 Å². The van der Waals surface area contributed by atoms with E-state index in [2.05, 4.69) is 36.2 Å². The van der Waals surface area contributed by atoms with Gasteiger partial charge in [-0.1, -0.05) is 43.6 Å². The van der Waals surface area contributed by atoms with Gasteiger partial charge in [0.1, 0.15) is 0 Å². The lowest BCUT2D eigenvalue weighted by atomic mass is 10.1. The summed E-state index contributed by atoms with van der Waals surface area (Å²) in [6.45, 7) is 7.73. The molecule has 1 atom stereocenters. The van der Waals surface area contributed by atoms with E-state index >= 15 is 0 Å². The highest BCUT2D eigenvalue weighted by Gasteiger charge is 2.24. The number of hydrogen-bond acceptors (Lipinski definition) is 2. The zero-order valence-corrected chi connectivity index (χ0v) is 12.1. The highest BCUT2D eigenvalue weighted by molar-refractivity contribution is 6.31. The number of halogens is 1. The third-order valence-corrected chi connectivity index (χ3v) is 3.91. The molecule has 0 aliphatic carbocycles. The van der Waals surface area contributed by atoms with Crippen LogP contribution in [0.1, 0.15) is 38.3 Å². The average molecular weight is 267 g/mol. The Hall–Kier alpha value is -0.570. The Labute approximate surface area is 115 Å². The lowest BCUT2D eigenvalue weighted by molar-refractivity contribution is 0.235. The van der Waals surface area contributed by atoms with E-state index in [4.69, 9.17) is 11.6 Å². The average Bonchev–Trinajstić information content (AvgIpc) is 2.85. The molecule has 3 heteroatoms. The first kappa shape index (κ1) is 13.9. The van der Waals surface area contributed by atoms with Gasteiger partial charge in [0, 0.05) is 23.7 Å². The molecule has 1 N–H and O–H groups in total. The number of nitrogens with zero attached hydrogens (tertiary/aromatic N) is 1. The standard InChI is InChI=1S/C15H23ClN2/c1-12(2)17-11-15(18-9-5-6-10-18)13-7-3-4-8-14(13)16/h3-4,7-8,12,15,17H,5-6,9-11H2,1-2H3. The summed E-state index contributed by atoms with van der Waals surface area (Å²) in [5.41, 5.74) is 1.26. The van der Waals surface area contributed by atoms with Crippen molar-refractivity contribution >= 4 is 11.6 Å². The molecule has 1 saturated heterocycles. The summed E-state index contributed by atoms with van der Waals surface area (Å²) in [6, 6.07) is 9.16. The zero-order valence-electron chi connectivity index (χ0n) is 11.3. The van der Waals surface area contributed by atoms with Crippen LogP contribution in [0, 0.1) is 0 Å². The monoisotopic (exact) mass is 266 g/mol. The number of nitrogens with one attached hydrogen (secondary N) is 1. The van der Waals surface area contributed by atoms with Crippen molar-refractivity contribution in [2.45, 2.75) is 38.8 Å². The highest BCUT2D eigenvalue weighted by Crippen LogP contribution is 2.29. The van der Waals surface area contributed by atoms with Crippen LogP contribution in [0.25, 0.3) is 0 Å². The Balaban J connectivity index is 2.15. The van der Waals surface area contributed by atoms with Gasteiger partial charge in [-0.2, -0.15) is 0 Å². The molecule has 0 amide bonds. The minimum Gasteiger partial charge on any atom is -0.313 e. The van der Waals surface area contributed by atoms with Crippen LogP contribution in [0.5, 0.6) is 0 Å². The quantitative estimate of drug-likeness (QED) is 0.878. The van der Waals surface area contributed by atoms with Crippen molar-refractivity contribution < 1.29 is 0 Å². The van der Waals surface area contributed by atoms with Gasteiger partial charge in [-0.15, -0.1) is 0 Å². The molecule has 1 aliphatic rings. The van der Waals surface area contributed by atoms with E-state index in [9.17, 15) is 0 Å². The Kier molecular flexibility index (Phi) is 5.04. The molecule has 1 aromatic carbocycles. The second-order valence-electron chi connectivity index (χ2n) is 5.34. The summed E-state index contributed by atoms with van der Waals surface area (Å²) in [5, 5.41) is 4.44. The van der Waals surface area contributed by atoms with Crippen molar-refractivity contribution in [3.05, 3.63) is 34.9 Å². The van der Waals surface area contributed by atoms with Crippen LogP contribution < -0.4 is 5.32 Å². The lowest BCUT2D eigenvalue weighted by Gasteiger charge is -2.29. The number of hydrogen-bond donors (Lipinski definition) is 1. The van der Waals surface area contributed by atoms with E-state index in [0.717, 1.165) is 11.6 Å². The van der Waals surface area contributed by atoms with Gasteiger partial charge >= 0.3 is 0 Å². The summed E-state index contributed by atoms with van der Waals surface area (Å²) >= 11 is 6.36. The molecule has 1 fully saturated rings. The van der Waals surface area contributed by atoms with Crippen LogP contribution >= 0.6 is 11.6 Å². The summed E-state index contributed by atoms with van der Waals surface area (Å²) in [7, 11) is 0. The molecule has 0 radical (unpaired) electrons. The highest BCUT2D eigenvalue weighted by atomic mass is 35.5. The van der Waals surface area contributed by atoms with Crippen LogP contribution in [-0.2, 0) is 0 Å². The van der Waals surface area contributed by atoms with Gasteiger partial charge in [0.05, 0.1) is 0 Å². The minimum atomic E-state index is 0.406. The first-order chi connectivity index (χ1) is 8.68. The van der Waals surface area contributed by atoms with Crippen molar-refractivity contribution in [2.75, 3.05) is 19.6 Å². The second kappa shape index (κ2) is 6.55. The van der Waals surface area contributed by atoms with E-state index in [-0.39, 0.29) is 0 Å². The lowest BCUT2D eigenvalue weighted by Crippen LogP contribution is -2.36. The summed E-state index contributed by atoms with van der Waals surface area (Å²) in [4.78, 5) is 2.55. The molecule has 0 spiro atoms. The molecule has 1 aliphatic heterocycles. The number of rotatable bonds is 5.